The van der Waals surface area contributed by atoms with E-state index in [0.717, 1.165) is 24.3 Å². The lowest BCUT2D eigenvalue weighted by molar-refractivity contribution is -0.140. The molecule has 2 N–H and O–H groups in total. The van der Waals surface area contributed by atoms with Gasteiger partial charge in [0, 0.05) is 25.5 Å². The molecule has 2 aromatic rings. The van der Waals surface area contributed by atoms with Crippen molar-refractivity contribution in [2.24, 2.45) is 0 Å². The van der Waals surface area contributed by atoms with Crippen LogP contribution < -0.4 is 15.5 Å². The molecule has 0 atom stereocenters. The average molecular weight is 418 g/mol. The number of hydrogen-bond acceptors (Lipinski definition) is 4. The molecule has 1 saturated heterocycles. The Balaban J connectivity index is 0.00000300. The zero-order valence-corrected chi connectivity index (χ0v) is 17.6. The summed E-state index contributed by atoms with van der Waals surface area (Å²) in [6.07, 6.45) is 1.59. The van der Waals surface area contributed by atoms with Gasteiger partial charge in [0.05, 0.1) is 6.42 Å². The van der Waals surface area contributed by atoms with Crippen LogP contribution in [0.3, 0.4) is 0 Å². The lowest BCUT2D eigenvalue weighted by atomic mass is 9.91. The summed E-state index contributed by atoms with van der Waals surface area (Å²) in [6.45, 7) is 1.52. The van der Waals surface area contributed by atoms with Crippen molar-refractivity contribution in [3.63, 3.8) is 0 Å². The fraction of sp³-hybridized carbons (Fsp3) is 0.364. The molecule has 1 aliphatic heterocycles. The zero-order chi connectivity index (χ0) is 20.0. The van der Waals surface area contributed by atoms with Gasteiger partial charge >= 0.3 is 0 Å². The molecule has 3 rings (SSSR count). The maximum Gasteiger partial charge on any atom is 0.256 e. The Morgan fingerprint density at radius 3 is 2.28 bits per heavy atom. The third-order valence-corrected chi connectivity index (χ3v) is 5.30. The smallest absolute Gasteiger partial charge is 0.256 e. The molecule has 2 amide bonds. The summed E-state index contributed by atoms with van der Waals surface area (Å²) in [5.41, 5.74) is 1.68. The third-order valence-electron chi connectivity index (χ3n) is 5.30. The van der Waals surface area contributed by atoms with E-state index in [1.165, 1.54) is 0 Å². The first-order valence-corrected chi connectivity index (χ1v) is 9.52. The maximum absolute atomic E-state index is 12.7. The van der Waals surface area contributed by atoms with Crippen molar-refractivity contribution in [2.45, 2.75) is 24.9 Å². The van der Waals surface area contributed by atoms with Crippen LogP contribution in [0, 0.1) is 0 Å². The molecule has 0 aliphatic carbocycles. The average Bonchev–Trinajstić information content (AvgIpc) is 2.75. The Hall–Kier alpha value is -2.41. The van der Waals surface area contributed by atoms with Gasteiger partial charge in [-0.25, -0.2) is 0 Å². The van der Waals surface area contributed by atoms with E-state index in [9.17, 15) is 9.59 Å². The first kappa shape index (κ1) is 22.9. The highest BCUT2D eigenvalue weighted by Crippen LogP contribution is 2.25. The molecule has 7 heteroatoms. The van der Waals surface area contributed by atoms with Gasteiger partial charge in [-0.05, 0) is 55.8 Å². The van der Waals surface area contributed by atoms with Crippen LogP contribution in [0.25, 0.3) is 0 Å². The number of carbonyl (C=O) groups is 2. The topological polar surface area (TPSA) is 70.7 Å². The van der Waals surface area contributed by atoms with Crippen molar-refractivity contribution >= 4 is 35.6 Å². The minimum absolute atomic E-state index is 0. The van der Waals surface area contributed by atoms with E-state index in [-0.39, 0.29) is 24.2 Å². The van der Waals surface area contributed by atoms with E-state index in [1.807, 2.05) is 54.6 Å². The normalized spacial score (nSPS) is 15.1. The van der Waals surface area contributed by atoms with Crippen molar-refractivity contribution in [3.8, 4) is 0 Å². The minimum atomic E-state index is -0.779. The number of ether oxygens (including phenoxy) is 1. The van der Waals surface area contributed by atoms with Gasteiger partial charge in [-0.3, -0.25) is 9.59 Å². The molecule has 2 aromatic carbocycles. The van der Waals surface area contributed by atoms with E-state index >= 15 is 0 Å². The molecule has 156 valence electrons. The second-order valence-corrected chi connectivity index (χ2v) is 7.06. The van der Waals surface area contributed by atoms with E-state index in [0.29, 0.717) is 24.9 Å². The fourth-order valence-electron chi connectivity index (χ4n) is 3.39. The molecule has 1 heterocycles. The van der Waals surface area contributed by atoms with Gasteiger partial charge in [-0.15, -0.1) is 12.4 Å². The van der Waals surface area contributed by atoms with E-state index in [2.05, 4.69) is 10.6 Å². The summed E-state index contributed by atoms with van der Waals surface area (Å²) in [6, 6.07) is 16.9. The molecule has 6 nitrogen and oxygen atoms in total. The number of likely N-dealkylation sites (N-methyl/N-ethyl adjacent to an activating group) is 1. The van der Waals surface area contributed by atoms with Gasteiger partial charge in [-0.2, -0.15) is 0 Å². The number of anilines is 2. The number of piperidine rings is 1. The number of halogens is 1. The highest BCUT2D eigenvalue weighted by molar-refractivity contribution is 5.97. The van der Waals surface area contributed by atoms with Crippen molar-refractivity contribution in [1.29, 1.82) is 0 Å². The molecule has 0 spiro atoms. The van der Waals surface area contributed by atoms with Gasteiger partial charge in [0.15, 0.2) is 0 Å². The van der Waals surface area contributed by atoms with Crippen molar-refractivity contribution < 1.29 is 14.3 Å². The lowest BCUT2D eigenvalue weighted by Crippen LogP contribution is -2.51. The number of rotatable bonds is 6. The van der Waals surface area contributed by atoms with Crippen molar-refractivity contribution in [2.75, 3.05) is 37.5 Å². The zero-order valence-electron chi connectivity index (χ0n) is 16.8. The van der Waals surface area contributed by atoms with Crippen LogP contribution in [-0.4, -0.2) is 44.7 Å². The molecular weight excluding hydrogens is 390 g/mol. The van der Waals surface area contributed by atoms with Gasteiger partial charge < -0.3 is 20.3 Å². The third kappa shape index (κ3) is 5.56. The Morgan fingerprint density at radius 1 is 1.07 bits per heavy atom. The molecule has 29 heavy (non-hydrogen) atoms. The van der Waals surface area contributed by atoms with Crippen LogP contribution >= 0.6 is 12.4 Å². The minimum Gasteiger partial charge on any atom is -0.368 e. The number of nitrogens with zero attached hydrogens (tertiary/aromatic N) is 1. The van der Waals surface area contributed by atoms with Gasteiger partial charge in [0.1, 0.15) is 5.60 Å². The number of benzene rings is 2. The van der Waals surface area contributed by atoms with Crippen LogP contribution in [0.1, 0.15) is 18.4 Å². The molecule has 0 bridgehead atoms. The van der Waals surface area contributed by atoms with Crippen LogP contribution in [0.15, 0.2) is 54.6 Å². The summed E-state index contributed by atoms with van der Waals surface area (Å²) >= 11 is 0. The SMILES string of the molecule is COC1(C(=O)Nc2ccc(CC(=O)N(C)c3ccccc3)cc2)CCNCC1.Cl. The number of methoxy groups -OCH3 is 1. The van der Waals surface area contributed by atoms with E-state index in [4.69, 9.17) is 4.74 Å². The van der Waals surface area contributed by atoms with Crippen LogP contribution in [0.4, 0.5) is 11.4 Å². The molecular formula is C22H28ClN3O3. The first-order valence-electron chi connectivity index (χ1n) is 9.52. The van der Waals surface area contributed by atoms with Crippen molar-refractivity contribution in [1.82, 2.24) is 5.32 Å². The summed E-state index contributed by atoms with van der Waals surface area (Å²) in [4.78, 5) is 26.8. The highest BCUT2D eigenvalue weighted by Gasteiger charge is 2.39. The largest absolute Gasteiger partial charge is 0.368 e. The highest BCUT2D eigenvalue weighted by atomic mass is 35.5. The molecule has 0 radical (unpaired) electrons. The monoisotopic (exact) mass is 417 g/mol. The molecule has 1 fully saturated rings. The second-order valence-electron chi connectivity index (χ2n) is 7.06. The van der Waals surface area contributed by atoms with Gasteiger partial charge in [-0.1, -0.05) is 30.3 Å². The summed E-state index contributed by atoms with van der Waals surface area (Å²) in [7, 11) is 3.36. The van der Waals surface area contributed by atoms with Crippen LogP contribution in [-0.2, 0) is 20.7 Å². The lowest BCUT2D eigenvalue weighted by Gasteiger charge is -2.34. The van der Waals surface area contributed by atoms with Crippen molar-refractivity contribution in [3.05, 3.63) is 60.2 Å². The summed E-state index contributed by atoms with van der Waals surface area (Å²) in [5, 5.41) is 6.19. The molecule has 1 aliphatic rings. The number of carbonyl (C=O) groups excluding carboxylic acids is 2. The quantitative estimate of drug-likeness (QED) is 0.757. The summed E-state index contributed by atoms with van der Waals surface area (Å²) < 4.78 is 5.56. The number of nitrogens with one attached hydrogen (secondary N) is 2. The predicted molar refractivity (Wildman–Crippen MR) is 118 cm³/mol. The molecule has 0 aromatic heterocycles. The van der Waals surface area contributed by atoms with E-state index < -0.39 is 5.60 Å². The second kappa shape index (κ2) is 10.4. The number of hydrogen-bond donors (Lipinski definition) is 2. The Kier molecular flexibility index (Phi) is 8.20. The van der Waals surface area contributed by atoms with Crippen LogP contribution in [0.2, 0.25) is 0 Å². The Bertz CT molecular complexity index is 806. The standard InChI is InChI=1S/C22H27N3O3.ClH/c1-25(19-6-4-3-5-7-19)20(26)16-17-8-10-18(11-9-17)24-21(27)22(28-2)12-14-23-15-13-22;/h3-11,23H,12-16H2,1-2H3,(H,24,27);1H. The Morgan fingerprint density at radius 2 is 1.69 bits per heavy atom. The molecule has 0 unspecified atom stereocenters. The summed E-state index contributed by atoms with van der Waals surface area (Å²) in [5.74, 6) is -0.111. The van der Waals surface area contributed by atoms with E-state index in [1.54, 1.807) is 19.1 Å². The van der Waals surface area contributed by atoms with Crippen LogP contribution in [0.5, 0.6) is 0 Å². The fourth-order valence-corrected chi connectivity index (χ4v) is 3.39. The predicted octanol–water partition coefficient (Wildman–Crippen LogP) is 3.02. The maximum atomic E-state index is 12.7. The number of amides is 2. The Labute approximate surface area is 178 Å². The first-order chi connectivity index (χ1) is 13.5. The number of para-hydroxylation sites is 1. The molecule has 0 saturated carbocycles. The van der Waals surface area contributed by atoms with Gasteiger partial charge in [0.25, 0.3) is 5.91 Å². The van der Waals surface area contributed by atoms with Gasteiger partial charge in [0.2, 0.25) is 5.91 Å².